The molecule has 0 spiro atoms. The summed E-state index contributed by atoms with van der Waals surface area (Å²) in [4.78, 5) is 22.7. The van der Waals surface area contributed by atoms with Crippen LogP contribution in [-0.4, -0.2) is 52.7 Å². The summed E-state index contributed by atoms with van der Waals surface area (Å²) >= 11 is 3.46. The number of carbonyl (C=O) groups is 2. The van der Waals surface area contributed by atoms with Gasteiger partial charge in [-0.2, -0.15) is 23.5 Å². The number of amides is 2. The maximum absolute atomic E-state index is 11.7. The first kappa shape index (κ1) is 15.5. The average molecular weight is 292 g/mol. The molecule has 3 N–H and O–H groups in total. The highest BCUT2D eigenvalue weighted by Gasteiger charge is 2.21. The van der Waals surface area contributed by atoms with Gasteiger partial charge in [-0.15, -0.1) is 0 Å². The Morgan fingerprint density at radius 3 is 2.67 bits per heavy atom. The maximum Gasteiger partial charge on any atom is 0.326 e. The predicted octanol–water partition coefficient (Wildman–Crippen LogP) is 1.39. The molecular weight excluding hydrogens is 272 g/mol. The molecule has 1 aliphatic heterocycles. The number of hydrogen-bond donors (Lipinski definition) is 3. The van der Waals surface area contributed by atoms with Gasteiger partial charge in [0.05, 0.1) is 0 Å². The number of hydrogen-bond acceptors (Lipinski definition) is 4. The molecule has 1 heterocycles. The smallest absolute Gasteiger partial charge is 0.326 e. The minimum Gasteiger partial charge on any atom is -0.480 e. The van der Waals surface area contributed by atoms with Gasteiger partial charge in [0.15, 0.2) is 0 Å². The van der Waals surface area contributed by atoms with E-state index in [1.165, 1.54) is 0 Å². The van der Waals surface area contributed by atoms with E-state index in [0.717, 1.165) is 30.1 Å². The van der Waals surface area contributed by atoms with Gasteiger partial charge in [-0.3, -0.25) is 0 Å². The number of carboxylic acids is 1. The normalized spacial score (nSPS) is 18.1. The van der Waals surface area contributed by atoms with E-state index in [-0.39, 0.29) is 12.1 Å². The summed E-state index contributed by atoms with van der Waals surface area (Å²) in [5.74, 6) is 1.86. The van der Waals surface area contributed by atoms with Crippen LogP contribution in [0.3, 0.4) is 0 Å². The molecule has 0 aromatic heterocycles. The van der Waals surface area contributed by atoms with Gasteiger partial charge in [-0.05, 0) is 42.8 Å². The second-order valence-electron chi connectivity index (χ2n) is 4.18. The second-order valence-corrected chi connectivity index (χ2v) is 6.39. The molecule has 1 rings (SSSR count). The van der Waals surface area contributed by atoms with E-state index in [2.05, 4.69) is 10.6 Å². The summed E-state index contributed by atoms with van der Waals surface area (Å²) in [6.45, 7) is 0. The van der Waals surface area contributed by atoms with Crippen molar-refractivity contribution in [3.05, 3.63) is 0 Å². The zero-order valence-electron chi connectivity index (χ0n) is 10.5. The number of nitrogens with one attached hydrogen (secondary N) is 2. The third-order valence-electron chi connectivity index (χ3n) is 2.77. The number of carbonyl (C=O) groups excluding carboxylic acids is 1. The molecule has 18 heavy (non-hydrogen) atoms. The molecule has 1 aliphatic rings. The zero-order valence-corrected chi connectivity index (χ0v) is 12.1. The van der Waals surface area contributed by atoms with Crippen molar-refractivity contribution in [2.75, 3.05) is 23.5 Å². The molecular formula is C11H20N2O3S2. The quantitative estimate of drug-likeness (QED) is 0.689. The fourth-order valence-electron chi connectivity index (χ4n) is 1.72. The van der Waals surface area contributed by atoms with Crippen molar-refractivity contribution in [2.24, 2.45) is 0 Å². The van der Waals surface area contributed by atoms with Crippen molar-refractivity contribution in [3.63, 3.8) is 0 Å². The topological polar surface area (TPSA) is 78.4 Å². The molecule has 0 radical (unpaired) electrons. The van der Waals surface area contributed by atoms with Crippen LogP contribution >= 0.6 is 23.5 Å². The van der Waals surface area contributed by atoms with Crippen LogP contribution in [0.2, 0.25) is 0 Å². The largest absolute Gasteiger partial charge is 0.480 e. The van der Waals surface area contributed by atoms with Crippen LogP contribution in [0.4, 0.5) is 4.79 Å². The highest BCUT2D eigenvalue weighted by atomic mass is 32.2. The Balaban J connectivity index is 2.32. The highest BCUT2D eigenvalue weighted by Crippen LogP contribution is 2.16. The molecule has 0 aromatic carbocycles. The first-order valence-corrected chi connectivity index (χ1v) is 8.55. The molecule has 0 saturated carbocycles. The fraction of sp³-hybridized carbons (Fsp3) is 0.818. The SMILES string of the molecule is CSCC[C@H](NC(=O)NC1CCSCC1)C(=O)O. The lowest BCUT2D eigenvalue weighted by molar-refractivity contribution is -0.139. The van der Waals surface area contributed by atoms with Crippen LogP contribution in [0, 0.1) is 0 Å². The molecule has 7 heteroatoms. The zero-order chi connectivity index (χ0) is 13.4. The van der Waals surface area contributed by atoms with Gasteiger partial charge in [-0.25, -0.2) is 9.59 Å². The lowest BCUT2D eigenvalue weighted by Gasteiger charge is -2.23. The van der Waals surface area contributed by atoms with E-state index < -0.39 is 12.0 Å². The Labute approximate surface area is 116 Å². The van der Waals surface area contributed by atoms with Crippen molar-refractivity contribution in [1.82, 2.24) is 10.6 Å². The summed E-state index contributed by atoms with van der Waals surface area (Å²) in [5, 5.41) is 14.4. The highest BCUT2D eigenvalue weighted by molar-refractivity contribution is 7.99. The standard InChI is InChI=1S/C11H20N2O3S2/c1-17-5-4-9(10(14)15)13-11(16)12-8-2-6-18-7-3-8/h8-9H,2-7H2,1H3,(H,14,15)(H2,12,13,16)/t9-/m0/s1. The number of aliphatic carboxylic acids is 1. The van der Waals surface area contributed by atoms with E-state index in [0.29, 0.717) is 6.42 Å². The van der Waals surface area contributed by atoms with Gasteiger partial charge in [0, 0.05) is 6.04 Å². The molecule has 0 bridgehead atoms. The Bertz CT molecular complexity index is 283. The average Bonchev–Trinajstić information content (AvgIpc) is 2.35. The fourth-order valence-corrected chi connectivity index (χ4v) is 3.30. The van der Waals surface area contributed by atoms with Gasteiger partial charge in [0.2, 0.25) is 0 Å². The molecule has 0 aliphatic carbocycles. The van der Waals surface area contributed by atoms with Crippen molar-refractivity contribution < 1.29 is 14.7 Å². The number of thioether (sulfide) groups is 2. The summed E-state index contributed by atoms with van der Waals surface area (Å²) in [5.41, 5.74) is 0. The Morgan fingerprint density at radius 1 is 1.44 bits per heavy atom. The summed E-state index contributed by atoms with van der Waals surface area (Å²) in [6, 6.07) is -0.975. The maximum atomic E-state index is 11.7. The minimum absolute atomic E-state index is 0.182. The Morgan fingerprint density at radius 2 is 2.11 bits per heavy atom. The van der Waals surface area contributed by atoms with Gasteiger partial charge in [-0.1, -0.05) is 0 Å². The first-order chi connectivity index (χ1) is 8.63. The van der Waals surface area contributed by atoms with E-state index in [1.54, 1.807) is 11.8 Å². The van der Waals surface area contributed by atoms with Crippen LogP contribution in [0.15, 0.2) is 0 Å². The lowest BCUT2D eigenvalue weighted by atomic mass is 10.1. The molecule has 1 atom stereocenters. The third kappa shape index (κ3) is 5.86. The van der Waals surface area contributed by atoms with Gasteiger partial charge < -0.3 is 15.7 Å². The molecule has 5 nitrogen and oxygen atoms in total. The van der Waals surface area contributed by atoms with Gasteiger partial charge in [0.25, 0.3) is 0 Å². The molecule has 1 saturated heterocycles. The number of rotatable bonds is 6. The Kier molecular flexibility index (Phi) is 7.34. The number of urea groups is 1. The van der Waals surface area contributed by atoms with Crippen molar-refractivity contribution in [1.29, 1.82) is 0 Å². The third-order valence-corrected chi connectivity index (χ3v) is 4.46. The lowest BCUT2D eigenvalue weighted by Crippen LogP contribution is -2.49. The van der Waals surface area contributed by atoms with Crippen LogP contribution < -0.4 is 10.6 Å². The predicted molar refractivity (Wildman–Crippen MR) is 76.4 cm³/mol. The van der Waals surface area contributed by atoms with E-state index >= 15 is 0 Å². The molecule has 1 fully saturated rings. The van der Waals surface area contributed by atoms with Crippen molar-refractivity contribution in [2.45, 2.75) is 31.3 Å². The summed E-state index contributed by atoms with van der Waals surface area (Å²) < 4.78 is 0. The molecule has 104 valence electrons. The van der Waals surface area contributed by atoms with Crippen LogP contribution in [0.5, 0.6) is 0 Å². The minimum atomic E-state index is -0.974. The molecule has 0 aromatic rings. The Hall–Kier alpha value is -0.560. The summed E-state index contributed by atoms with van der Waals surface area (Å²) in [7, 11) is 0. The van der Waals surface area contributed by atoms with Crippen LogP contribution in [0.25, 0.3) is 0 Å². The number of carboxylic acid groups (broad SMARTS) is 1. The summed E-state index contributed by atoms with van der Waals surface area (Å²) in [6.07, 6.45) is 4.28. The van der Waals surface area contributed by atoms with E-state index in [9.17, 15) is 9.59 Å². The van der Waals surface area contributed by atoms with E-state index in [1.807, 2.05) is 18.0 Å². The van der Waals surface area contributed by atoms with Gasteiger partial charge >= 0.3 is 12.0 Å². The molecule has 0 unspecified atom stereocenters. The van der Waals surface area contributed by atoms with Crippen LogP contribution in [-0.2, 0) is 4.79 Å². The van der Waals surface area contributed by atoms with Gasteiger partial charge in [0.1, 0.15) is 6.04 Å². The first-order valence-electron chi connectivity index (χ1n) is 6.00. The van der Waals surface area contributed by atoms with Crippen molar-refractivity contribution in [3.8, 4) is 0 Å². The van der Waals surface area contributed by atoms with Crippen molar-refractivity contribution >= 4 is 35.5 Å². The van der Waals surface area contributed by atoms with E-state index in [4.69, 9.17) is 5.11 Å². The second kappa shape index (κ2) is 8.53. The van der Waals surface area contributed by atoms with Crippen LogP contribution in [0.1, 0.15) is 19.3 Å². The molecule has 2 amide bonds. The monoisotopic (exact) mass is 292 g/mol.